The van der Waals surface area contributed by atoms with Gasteiger partial charge in [0.25, 0.3) is 5.56 Å². The highest BCUT2D eigenvalue weighted by Crippen LogP contribution is 2.17. The van der Waals surface area contributed by atoms with Crippen molar-refractivity contribution >= 4 is 12.2 Å². The Hall–Kier alpha value is -3.29. The Morgan fingerprint density at radius 2 is 1.81 bits per heavy atom. The summed E-state index contributed by atoms with van der Waals surface area (Å²) in [5.41, 5.74) is 3.26. The standard InChI is InChI=1S/C25H26FN3O3/c26-22-15-19(7-10-23-24(30)25(31)28-17-27-23)6-9-21(22)8-5-18-1-3-20(4-2-18)16-29-11-13-32-14-12-29/h1-6,8-9,15,17,30H,7,10-14,16H2,(H,27,28,31)/b8-5+. The first-order valence-corrected chi connectivity index (χ1v) is 10.7. The van der Waals surface area contributed by atoms with Crippen LogP contribution in [-0.4, -0.2) is 46.3 Å². The van der Waals surface area contributed by atoms with E-state index in [1.807, 2.05) is 24.3 Å². The number of nitrogens with zero attached hydrogens (tertiary/aromatic N) is 2. The zero-order valence-electron chi connectivity index (χ0n) is 17.8. The zero-order valence-corrected chi connectivity index (χ0v) is 17.8. The molecular formula is C25H26FN3O3. The van der Waals surface area contributed by atoms with E-state index in [0.29, 0.717) is 24.1 Å². The molecule has 0 spiro atoms. The molecule has 0 saturated carbocycles. The summed E-state index contributed by atoms with van der Waals surface area (Å²) in [7, 11) is 0. The van der Waals surface area contributed by atoms with Crippen molar-refractivity contribution in [2.75, 3.05) is 26.3 Å². The van der Waals surface area contributed by atoms with Crippen molar-refractivity contribution in [2.45, 2.75) is 19.4 Å². The first-order valence-electron chi connectivity index (χ1n) is 10.7. The van der Waals surface area contributed by atoms with Crippen LogP contribution in [0.1, 0.15) is 27.9 Å². The summed E-state index contributed by atoms with van der Waals surface area (Å²) < 4.78 is 19.9. The number of benzene rings is 2. The van der Waals surface area contributed by atoms with Gasteiger partial charge in [0.05, 0.1) is 25.2 Å². The van der Waals surface area contributed by atoms with Crippen LogP contribution in [-0.2, 0) is 24.1 Å². The topological polar surface area (TPSA) is 78.5 Å². The number of H-pyrrole nitrogens is 1. The largest absolute Gasteiger partial charge is 0.502 e. The summed E-state index contributed by atoms with van der Waals surface area (Å²) in [6, 6.07) is 13.4. The van der Waals surface area contributed by atoms with Crippen LogP contribution in [0.3, 0.4) is 0 Å². The van der Waals surface area contributed by atoms with Gasteiger partial charge in [-0.05, 0) is 35.6 Å². The van der Waals surface area contributed by atoms with Crippen molar-refractivity contribution in [3.8, 4) is 5.75 Å². The molecule has 166 valence electrons. The van der Waals surface area contributed by atoms with Crippen molar-refractivity contribution in [1.82, 2.24) is 14.9 Å². The lowest BCUT2D eigenvalue weighted by atomic mass is 10.0. The average Bonchev–Trinajstić information content (AvgIpc) is 2.81. The molecule has 4 rings (SSSR count). The Morgan fingerprint density at radius 3 is 2.56 bits per heavy atom. The number of ether oxygens (including phenoxy) is 1. The molecule has 0 bridgehead atoms. The van der Waals surface area contributed by atoms with Gasteiger partial charge in [-0.1, -0.05) is 48.6 Å². The molecule has 2 N–H and O–H groups in total. The van der Waals surface area contributed by atoms with E-state index >= 15 is 0 Å². The van der Waals surface area contributed by atoms with Crippen LogP contribution in [0.2, 0.25) is 0 Å². The van der Waals surface area contributed by atoms with E-state index in [9.17, 15) is 14.3 Å². The summed E-state index contributed by atoms with van der Waals surface area (Å²) >= 11 is 0. The highest BCUT2D eigenvalue weighted by atomic mass is 19.1. The number of aromatic nitrogens is 2. The maximum absolute atomic E-state index is 14.6. The van der Waals surface area contributed by atoms with E-state index in [4.69, 9.17) is 4.74 Å². The fourth-order valence-electron chi connectivity index (χ4n) is 3.67. The normalized spacial score (nSPS) is 14.8. The molecule has 1 saturated heterocycles. The van der Waals surface area contributed by atoms with Crippen LogP contribution in [0.25, 0.3) is 12.2 Å². The van der Waals surface area contributed by atoms with Crippen molar-refractivity contribution in [1.29, 1.82) is 0 Å². The summed E-state index contributed by atoms with van der Waals surface area (Å²) in [5, 5.41) is 9.75. The van der Waals surface area contributed by atoms with Crippen LogP contribution < -0.4 is 5.56 Å². The van der Waals surface area contributed by atoms with Crippen molar-refractivity contribution in [3.05, 3.63) is 92.9 Å². The molecule has 1 aliphatic rings. The number of aromatic amines is 1. The van der Waals surface area contributed by atoms with Crippen LogP contribution in [0.5, 0.6) is 5.75 Å². The summed E-state index contributed by atoms with van der Waals surface area (Å²) in [6.45, 7) is 4.40. The second-order valence-electron chi connectivity index (χ2n) is 7.85. The number of aryl methyl sites for hydroxylation is 2. The third kappa shape index (κ3) is 5.69. The SMILES string of the molecule is O=c1[nH]cnc(CCc2ccc(/C=C/c3ccc(CN4CCOCC4)cc3)c(F)c2)c1O. The third-order valence-electron chi connectivity index (χ3n) is 5.56. The quantitative estimate of drug-likeness (QED) is 0.556. The monoisotopic (exact) mass is 435 g/mol. The molecule has 32 heavy (non-hydrogen) atoms. The van der Waals surface area contributed by atoms with Gasteiger partial charge in [0.2, 0.25) is 5.75 Å². The van der Waals surface area contributed by atoms with Gasteiger partial charge in [-0.3, -0.25) is 9.69 Å². The smallest absolute Gasteiger partial charge is 0.293 e. The summed E-state index contributed by atoms with van der Waals surface area (Å²) in [6.07, 6.45) is 5.73. The predicted molar refractivity (Wildman–Crippen MR) is 122 cm³/mol. The number of morpholine rings is 1. The Morgan fingerprint density at radius 1 is 1.06 bits per heavy atom. The Bertz CT molecular complexity index is 1140. The zero-order chi connectivity index (χ0) is 22.3. The fraction of sp³-hybridized carbons (Fsp3) is 0.280. The molecule has 0 unspecified atom stereocenters. The molecule has 1 aliphatic heterocycles. The molecule has 0 radical (unpaired) electrons. The first kappa shape index (κ1) is 21.9. The van der Waals surface area contributed by atoms with Crippen molar-refractivity contribution in [2.24, 2.45) is 0 Å². The Kier molecular flexibility index (Phi) is 7.09. The van der Waals surface area contributed by atoms with Gasteiger partial charge < -0.3 is 14.8 Å². The lowest BCUT2D eigenvalue weighted by Crippen LogP contribution is -2.35. The van der Waals surface area contributed by atoms with Gasteiger partial charge in [-0.2, -0.15) is 0 Å². The second kappa shape index (κ2) is 10.3. The van der Waals surface area contributed by atoms with Crippen molar-refractivity contribution in [3.63, 3.8) is 0 Å². The highest BCUT2D eigenvalue weighted by Gasteiger charge is 2.10. The molecule has 2 heterocycles. The molecule has 0 amide bonds. The second-order valence-corrected chi connectivity index (χ2v) is 7.85. The Balaban J connectivity index is 1.35. The molecule has 0 atom stereocenters. The molecule has 2 aromatic carbocycles. The predicted octanol–water partition coefficient (Wildman–Crippen LogP) is 3.40. The van der Waals surface area contributed by atoms with E-state index in [1.54, 1.807) is 12.1 Å². The molecule has 1 aromatic heterocycles. The van der Waals surface area contributed by atoms with E-state index in [2.05, 4.69) is 27.0 Å². The van der Waals surface area contributed by atoms with E-state index in [-0.39, 0.29) is 11.6 Å². The van der Waals surface area contributed by atoms with Gasteiger partial charge in [-0.25, -0.2) is 9.37 Å². The molecule has 0 aliphatic carbocycles. The van der Waals surface area contributed by atoms with E-state index in [0.717, 1.165) is 44.0 Å². The number of hydrogen-bond donors (Lipinski definition) is 2. The first-order chi connectivity index (χ1) is 15.6. The molecule has 3 aromatic rings. The minimum atomic E-state index is -0.573. The number of nitrogens with one attached hydrogen (secondary N) is 1. The summed E-state index contributed by atoms with van der Waals surface area (Å²) in [4.78, 5) is 20.1. The third-order valence-corrected chi connectivity index (χ3v) is 5.56. The van der Waals surface area contributed by atoms with Crippen LogP contribution in [0, 0.1) is 5.82 Å². The average molecular weight is 435 g/mol. The molecule has 7 heteroatoms. The highest BCUT2D eigenvalue weighted by molar-refractivity contribution is 5.70. The van der Waals surface area contributed by atoms with E-state index in [1.165, 1.54) is 18.0 Å². The maximum Gasteiger partial charge on any atom is 0.293 e. The van der Waals surface area contributed by atoms with Crippen molar-refractivity contribution < 1.29 is 14.2 Å². The molecular weight excluding hydrogens is 409 g/mol. The number of aromatic hydroxyl groups is 1. The molecule has 6 nitrogen and oxygen atoms in total. The van der Waals surface area contributed by atoms with Crippen LogP contribution >= 0.6 is 0 Å². The minimum absolute atomic E-state index is 0.301. The lowest BCUT2D eigenvalue weighted by molar-refractivity contribution is 0.0342. The van der Waals surface area contributed by atoms with Gasteiger partial charge in [0.1, 0.15) is 5.82 Å². The van der Waals surface area contributed by atoms with Crippen LogP contribution in [0.4, 0.5) is 4.39 Å². The fourth-order valence-corrected chi connectivity index (χ4v) is 3.67. The van der Waals surface area contributed by atoms with Gasteiger partial charge in [0.15, 0.2) is 0 Å². The van der Waals surface area contributed by atoms with Gasteiger partial charge in [0, 0.05) is 25.2 Å². The summed E-state index contributed by atoms with van der Waals surface area (Å²) in [5.74, 6) is -0.700. The van der Waals surface area contributed by atoms with Gasteiger partial charge >= 0.3 is 0 Å². The van der Waals surface area contributed by atoms with Gasteiger partial charge in [-0.15, -0.1) is 0 Å². The number of rotatable bonds is 7. The molecule has 1 fully saturated rings. The van der Waals surface area contributed by atoms with Crippen LogP contribution in [0.15, 0.2) is 53.6 Å². The maximum atomic E-state index is 14.6. The number of hydrogen-bond acceptors (Lipinski definition) is 5. The minimum Gasteiger partial charge on any atom is -0.502 e. The Labute approximate surface area is 186 Å². The number of halogens is 1. The van der Waals surface area contributed by atoms with E-state index < -0.39 is 5.56 Å². The lowest BCUT2D eigenvalue weighted by Gasteiger charge is -2.26.